The van der Waals surface area contributed by atoms with Gasteiger partial charge < -0.3 is 9.52 Å². The molecule has 0 bridgehead atoms. The second-order valence-corrected chi connectivity index (χ2v) is 6.79. The lowest BCUT2D eigenvalue weighted by molar-refractivity contribution is 0.138. The molecule has 4 nitrogen and oxygen atoms in total. The van der Waals surface area contributed by atoms with Gasteiger partial charge in [0.15, 0.2) is 4.67 Å². The Hall–Kier alpha value is -0.330. The fraction of sp³-hybridized carbons (Fsp3) is 0.600. The van der Waals surface area contributed by atoms with Gasteiger partial charge in [0.25, 0.3) is 0 Å². The Morgan fingerprint density at radius 3 is 2.69 bits per heavy atom. The first kappa shape index (κ1) is 13.7. The Kier molecular flexibility index (Phi) is 5.01. The van der Waals surface area contributed by atoms with Gasteiger partial charge in [-0.25, -0.2) is 8.42 Å². The van der Waals surface area contributed by atoms with E-state index >= 15 is 0 Å². The van der Waals surface area contributed by atoms with Gasteiger partial charge in [0.2, 0.25) is 0 Å². The molecule has 16 heavy (non-hydrogen) atoms. The highest BCUT2D eigenvalue weighted by molar-refractivity contribution is 9.10. The molecule has 92 valence electrons. The average molecular weight is 311 g/mol. The molecule has 1 heterocycles. The molecule has 0 aliphatic rings. The van der Waals surface area contributed by atoms with Gasteiger partial charge in [-0.3, -0.25) is 0 Å². The molecule has 0 fully saturated rings. The second-order valence-electron chi connectivity index (χ2n) is 3.54. The zero-order valence-electron chi connectivity index (χ0n) is 9.02. The maximum Gasteiger partial charge on any atom is 0.169 e. The monoisotopic (exact) mass is 310 g/mol. The van der Waals surface area contributed by atoms with Gasteiger partial charge in [-0.15, -0.1) is 0 Å². The summed E-state index contributed by atoms with van der Waals surface area (Å²) >= 11 is 3.14. The minimum Gasteiger partial charge on any atom is -0.452 e. The zero-order valence-corrected chi connectivity index (χ0v) is 11.4. The van der Waals surface area contributed by atoms with Crippen LogP contribution in [-0.4, -0.2) is 25.0 Å². The van der Waals surface area contributed by atoms with Crippen molar-refractivity contribution in [3.05, 3.63) is 22.6 Å². The topological polar surface area (TPSA) is 67.5 Å². The first-order chi connectivity index (χ1) is 7.44. The van der Waals surface area contributed by atoms with Crippen LogP contribution >= 0.6 is 15.9 Å². The first-order valence-electron chi connectivity index (χ1n) is 5.08. The smallest absolute Gasteiger partial charge is 0.169 e. The van der Waals surface area contributed by atoms with Crippen LogP contribution in [0.25, 0.3) is 0 Å². The minimum absolute atomic E-state index is 0.114. The summed E-state index contributed by atoms with van der Waals surface area (Å²) in [6, 6.07) is 3.37. The fourth-order valence-corrected chi connectivity index (χ4v) is 2.50. The number of sulfone groups is 1. The largest absolute Gasteiger partial charge is 0.452 e. The van der Waals surface area contributed by atoms with Crippen LogP contribution in [0.3, 0.4) is 0 Å². The number of furan rings is 1. The third-order valence-electron chi connectivity index (χ3n) is 2.30. The molecule has 0 amide bonds. The number of rotatable bonds is 6. The Bertz CT molecular complexity index is 424. The summed E-state index contributed by atoms with van der Waals surface area (Å²) < 4.78 is 28.1. The Morgan fingerprint density at radius 1 is 1.50 bits per heavy atom. The third-order valence-corrected chi connectivity index (χ3v) is 4.51. The van der Waals surface area contributed by atoms with Crippen molar-refractivity contribution in [2.75, 3.05) is 11.5 Å². The summed E-state index contributed by atoms with van der Waals surface area (Å²) in [4.78, 5) is 0. The zero-order chi connectivity index (χ0) is 12.2. The quantitative estimate of drug-likeness (QED) is 0.875. The summed E-state index contributed by atoms with van der Waals surface area (Å²) in [6.07, 6.45) is 0.0906. The normalized spacial score (nSPS) is 13.9. The number of aliphatic hydroxyl groups is 1. The molecule has 6 heteroatoms. The Labute approximate surface area is 104 Å². The molecule has 1 aromatic heterocycles. The van der Waals surface area contributed by atoms with Crippen LogP contribution in [0.5, 0.6) is 0 Å². The SMILES string of the molecule is CCS(=O)(=O)CCCC(O)c1ccc(Br)o1. The molecule has 1 aromatic rings. The number of halogens is 1. The standard InChI is InChI=1S/C10H15BrO4S/c1-2-16(13,14)7-3-4-8(12)9-5-6-10(11)15-9/h5-6,8,12H,2-4,7H2,1H3. The fourth-order valence-electron chi connectivity index (χ4n) is 1.29. The summed E-state index contributed by atoms with van der Waals surface area (Å²) in [5, 5.41) is 9.69. The van der Waals surface area contributed by atoms with Gasteiger partial charge >= 0.3 is 0 Å². The van der Waals surface area contributed by atoms with Gasteiger partial charge in [0, 0.05) is 5.75 Å². The van der Waals surface area contributed by atoms with Crippen molar-refractivity contribution in [1.29, 1.82) is 0 Å². The van der Waals surface area contributed by atoms with E-state index in [2.05, 4.69) is 15.9 Å². The molecule has 1 N–H and O–H groups in total. The van der Waals surface area contributed by atoms with E-state index in [9.17, 15) is 13.5 Å². The molecule has 0 spiro atoms. The summed E-state index contributed by atoms with van der Waals surface area (Å²) in [5.41, 5.74) is 0. The van der Waals surface area contributed by atoms with E-state index in [1.165, 1.54) is 0 Å². The summed E-state index contributed by atoms with van der Waals surface area (Å²) in [6.45, 7) is 1.62. The van der Waals surface area contributed by atoms with Crippen LogP contribution in [0.2, 0.25) is 0 Å². The van der Waals surface area contributed by atoms with Gasteiger partial charge in [-0.2, -0.15) is 0 Å². The van der Waals surface area contributed by atoms with Gasteiger partial charge in [0.1, 0.15) is 21.7 Å². The van der Waals surface area contributed by atoms with Crippen molar-refractivity contribution in [3.8, 4) is 0 Å². The van der Waals surface area contributed by atoms with E-state index in [0.29, 0.717) is 23.3 Å². The highest BCUT2D eigenvalue weighted by Crippen LogP contribution is 2.23. The van der Waals surface area contributed by atoms with Crippen molar-refractivity contribution in [2.24, 2.45) is 0 Å². The van der Waals surface area contributed by atoms with Crippen LogP contribution in [0.4, 0.5) is 0 Å². The molecule has 1 atom stereocenters. The van der Waals surface area contributed by atoms with Crippen molar-refractivity contribution < 1.29 is 17.9 Å². The Balaban J connectivity index is 2.39. The van der Waals surface area contributed by atoms with Crippen LogP contribution in [0.1, 0.15) is 31.6 Å². The highest BCUT2D eigenvalue weighted by atomic mass is 79.9. The lowest BCUT2D eigenvalue weighted by Gasteiger charge is -2.07. The second kappa shape index (κ2) is 5.84. The van der Waals surface area contributed by atoms with E-state index < -0.39 is 15.9 Å². The molecule has 0 aliphatic carbocycles. The van der Waals surface area contributed by atoms with E-state index in [0.717, 1.165) is 0 Å². The van der Waals surface area contributed by atoms with E-state index in [-0.39, 0.29) is 11.5 Å². The van der Waals surface area contributed by atoms with Crippen LogP contribution in [0.15, 0.2) is 21.2 Å². The van der Waals surface area contributed by atoms with Crippen LogP contribution in [-0.2, 0) is 9.84 Å². The van der Waals surface area contributed by atoms with E-state index in [1.807, 2.05) is 0 Å². The number of hydrogen-bond acceptors (Lipinski definition) is 4. The van der Waals surface area contributed by atoms with Crippen molar-refractivity contribution >= 4 is 25.8 Å². The molecule has 0 aliphatic heterocycles. The Morgan fingerprint density at radius 2 is 2.19 bits per heavy atom. The van der Waals surface area contributed by atoms with Gasteiger partial charge in [0.05, 0.1) is 5.75 Å². The van der Waals surface area contributed by atoms with E-state index in [4.69, 9.17) is 4.42 Å². The van der Waals surface area contributed by atoms with E-state index in [1.54, 1.807) is 19.1 Å². The van der Waals surface area contributed by atoms with Gasteiger partial charge in [-0.05, 0) is 40.9 Å². The molecular weight excluding hydrogens is 296 g/mol. The molecule has 0 saturated carbocycles. The maximum absolute atomic E-state index is 11.2. The molecule has 1 rings (SSSR count). The summed E-state index contributed by atoms with van der Waals surface area (Å²) in [5.74, 6) is 0.721. The lowest BCUT2D eigenvalue weighted by Crippen LogP contribution is -2.09. The highest BCUT2D eigenvalue weighted by Gasteiger charge is 2.14. The first-order valence-corrected chi connectivity index (χ1v) is 7.70. The molecule has 0 saturated heterocycles. The predicted octanol–water partition coefficient (Wildman–Crippen LogP) is 2.29. The minimum atomic E-state index is -2.94. The number of hydrogen-bond donors (Lipinski definition) is 1. The van der Waals surface area contributed by atoms with Crippen molar-refractivity contribution in [2.45, 2.75) is 25.9 Å². The third kappa shape index (κ3) is 4.27. The summed E-state index contributed by atoms with van der Waals surface area (Å²) in [7, 11) is -2.94. The maximum atomic E-state index is 11.2. The van der Waals surface area contributed by atoms with Crippen LogP contribution in [0, 0.1) is 0 Å². The van der Waals surface area contributed by atoms with Crippen LogP contribution < -0.4 is 0 Å². The molecule has 0 radical (unpaired) electrons. The number of aliphatic hydroxyl groups excluding tert-OH is 1. The molecule has 1 unspecified atom stereocenters. The molecular formula is C10H15BrO4S. The van der Waals surface area contributed by atoms with Crippen molar-refractivity contribution in [3.63, 3.8) is 0 Å². The van der Waals surface area contributed by atoms with Gasteiger partial charge in [-0.1, -0.05) is 6.92 Å². The predicted molar refractivity (Wildman–Crippen MR) is 64.9 cm³/mol. The molecule has 0 aromatic carbocycles. The lowest BCUT2D eigenvalue weighted by atomic mass is 10.2. The average Bonchev–Trinajstić information content (AvgIpc) is 2.64. The van der Waals surface area contributed by atoms with Crippen molar-refractivity contribution in [1.82, 2.24) is 0 Å².